The van der Waals surface area contributed by atoms with Crippen molar-refractivity contribution in [2.24, 2.45) is 0 Å². The molecule has 0 spiro atoms. The average molecular weight is 492 g/mol. The van der Waals surface area contributed by atoms with Gasteiger partial charge in [0.15, 0.2) is 17.3 Å². The monoisotopic (exact) mass is 491 g/mol. The lowest BCUT2D eigenvalue weighted by Crippen LogP contribution is -2.00. The summed E-state index contributed by atoms with van der Waals surface area (Å²) in [6.45, 7) is 0. The van der Waals surface area contributed by atoms with E-state index in [1.807, 2.05) is 42.5 Å². The number of carbonyl (C=O) groups is 1. The van der Waals surface area contributed by atoms with Gasteiger partial charge in [0.25, 0.3) is 0 Å². The van der Waals surface area contributed by atoms with E-state index in [4.69, 9.17) is 23.7 Å². The number of nitrogens with one attached hydrogen (secondary N) is 1. The van der Waals surface area contributed by atoms with Crippen LogP contribution in [0, 0.1) is 0 Å². The molecule has 0 radical (unpaired) electrons. The summed E-state index contributed by atoms with van der Waals surface area (Å²) < 4.78 is 27.0. The fourth-order valence-corrected chi connectivity index (χ4v) is 3.82. The molecule has 0 aliphatic carbocycles. The van der Waals surface area contributed by atoms with Crippen LogP contribution in [0.1, 0.15) is 27.9 Å². The predicted molar refractivity (Wildman–Crippen MR) is 141 cm³/mol. The molecule has 0 atom stereocenters. The zero-order chi connectivity index (χ0) is 25.9. The van der Waals surface area contributed by atoms with Crippen LogP contribution < -0.4 is 29.0 Å². The highest BCUT2D eigenvalue weighted by atomic mass is 16.5. The van der Waals surface area contributed by atoms with Crippen molar-refractivity contribution in [2.45, 2.75) is 19.3 Å². The van der Waals surface area contributed by atoms with Crippen LogP contribution >= 0.6 is 0 Å². The van der Waals surface area contributed by atoms with Crippen LogP contribution in [0.5, 0.6) is 28.7 Å². The first-order valence-electron chi connectivity index (χ1n) is 11.6. The molecule has 0 unspecified atom stereocenters. The predicted octanol–water partition coefficient (Wildman–Crippen LogP) is 5.71. The molecule has 7 heteroatoms. The zero-order valence-electron chi connectivity index (χ0n) is 21.4. The van der Waals surface area contributed by atoms with Crippen molar-refractivity contribution in [3.05, 3.63) is 83.6 Å². The van der Waals surface area contributed by atoms with Gasteiger partial charge in [0.1, 0.15) is 11.5 Å². The Morgan fingerprint density at radius 1 is 0.750 bits per heavy atom. The molecule has 0 aromatic heterocycles. The van der Waals surface area contributed by atoms with Gasteiger partial charge in [0.05, 0.1) is 41.2 Å². The summed E-state index contributed by atoms with van der Waals surface area (Å²) in [4.78, 5) is 12.5. The third kappa shape index (κ3) is 6.72. The van der Waals surface area contributed by atoms with E-state index >= 15 is 0 Å². The number of hydrogen-bond donors (Lipinski definition) is 1. The molecular weight excluding hydrogens is 458 g/mol. The van der Waals surface area contributed by atoms with Crippen molar-refractivity contribution in [3.8, 4) is 28.7 Å². The minimum Gasteiger partial charge on any atom is -0.497 e. The number of allylic oxidation sites excluding steroid dienone is 1. The van der Waals surface area contributed by atoms with Crippen LogP contribution in [0.25, 0.3) is 0 Å². The molecule has 0 aliphatic rings. The largest absolute Gasteiger partial charge is 0.497 e. The van der Waals surface area contributed by atoms with Gasteiger partial charge in [-0.25, -0.2) is 0 Å². The number of benzene rings is 3. The lowest BCUT2D eigenvalue weighted by molar-refractivity contribution is 0.0995. The summed E-state index contributed by atoms with van der Waals surface area (Å²) in [6.07, 6.45) is 5.41. The van der Waals surface area contributed by atoms with Crippen molar-refractivity contribution >= 4 is 11.5 Å². The molecule has 0 saturated heterocycles. The number of rotatable bonds is 13. The van der Waals surface area contributed by atoms with Gasteiger partial charge < -0.3 is 29.0 Å². The van der Waals surface area contributed by atoms with Crippen molar-refractivity contribution in [1.29, 1.82) is 0 Å². The van der Waals surface area contributed by atoms with E-state index in [2.05, 4.69) is 5.32 Å². The van der Waals surface area contributed by atoms with E-state index in [0.717, 1.165) is 35.4 Å². The van der Waals surface area contributed by atoms with Crippen LogP contribution in [-0.2, 0) is 12.8 Å². The van der Waals surface area contributed by atoms with Crippen LogP contribution in [0.2, 0.25) is 0 Å². The Hall–Kier alpha value is -4.13. The van der Waals surface area contributed by atoms with E-state index in [9.17, 15) is 4.79 Å². The first kappa shape index (κ1) is 26.5. The molecule has 0 heterocycles. The molecule has 3 rings (SSSR count). The van der Waals surface area contributed by atoms with Crippen LogP contribution in [0.15, 0.2) is 66.9 Å². The number of carbonyl (C=O) groups excluding carboxylic acids is 1. The fraction of sp³-hybridized carbons (Fsp3) is 0.276. The quantitative estimate of drug-likeness (QED) is 0.307. The summed E-state index contributed by atoms with van der Waals surface area (Å²) in [5.74, 6) is 3.25. The Morgan fingerprint density at radius 2 is 1.44 bits per heavy atom. The smallest absolute Gasteiger partial charge is 0.203 e. The van der Waals surface area contributed by atoms with E-state index in [-0.39, 0.29) is 12.2 Å². The van der Waals surface area contributed by atoms with Gasteiger partial charge in [-0.2, -0.15) is 0 Å². The normalized spacial score (nSPS) is 10.7. The maximum absolute atomic E-state index is 12.5. The van der Waals surface area contributed by atoms with Crippen LogP contribution in [-0.4, -0.2) is 41.3 Å². The number of Topliss-reactive ketones (excluding diaryl/α,β-unsaturated/α-hetero) is 1. The Labute approximate surface area is 212 Å². The molecule has 3 aromatic carbocycles. The number of hydrogen-bond acceptors (Lipinski definition) is 7. The fourth-order valence-electron chi connectivity index (χ4n) is 3.82. The topological polar surface area (TPSA) is 75.3 Å². The third-order valence-corrected chi connectivity index (χ3v) is 5.74. The lowest BCUT2D eigenvalue weighted by atomic mass is 10.0. The second kappa shape index (κ2) is 13.1. The van der Waals surface area contributed by atoms with E-state index < -0.39 is 0 Å². The second-order valence-corrected chi connectivity index (χ2v) is 7.97. The molecule has 0 saturated carbocycles. The molecule has 0 fully saturated rings. The van der Waals surface area contributed by atoms with Crippen molar-refractivity contribution < 1.29 is 28.5 Å². The van der Waals surface area contributed by atoms with Gasteiger partial charge in [0, 0.05) is 12.0 Å². The molecule has 190 valence electrons. The first-order valence-corrected chi connectivity index (χ1v) is 11.6. The molecule has 0 aliphatic heterocycles. The third-order valence-electron chi connectivity index (χ3n) is 5.74. The second-order valence-electron chi connectivity index (χ2n) is 7.97. The summed E-state index contributed by atoms with van der Waals surface area (Å²) in [7, 11) is 8.03. The first-order chi connectivity index (χ1) is 17.5. The minimum absolute atomic E-state index is 0.0120. The van der Waals surface area contributed by atoms with Crippen molar-refractivity contribution in [1.82, 2.24) is 0 Å². The molecular formula is C29H33NO6. The van der Waals surface area contributed by atoms with Gasteiger partial charge in [-0.1, -0.05) is 24.3 Å². The Bertz CT molecular complexity index is 1180. The highest BCUT2D eigenvalue weighted by Gasteiger charge is 2.13. The number of ketones is 1. The molecule has 1 N–H and O–H groups in total. The minimum atomic E-state index is 0.0120. The maximum atomic E-state index is 12.5. The molecule has 3 aromatic rings. The van der Waals surface area contributed by atoms with Gasteiger partial charge in [-0.05, 0) is 66.6 Å². The van der Waals surface area contributed by atoms with E-state index in [1.165, 1.54) is 0 Å². The highest BCUT2D eigenvalue weighted by molar-refractivity contribution is 5.97. The number of aryl methyl sites for hydroxylation is 2. The summed E-state index contributed by atoms with van der Waals surface area (Å²) in [5, 5.41) is 3.24. The van der Waals surface area contributed by atoms with Crippen LogP contribution in [0.3, 0.4) is 0 Å². The Kier molecular flexibility index (Phi) is 9.63. The number of anilines is 1. The van der Waals surface area contributed by atoms with Crippen molar-refractivity contribution in [2.75, 3.05) is 40.9 Å². The number of methoxy groups -OCH3 is 5. The maximum Gasteiger partial charge on any atom is 0.203 e. The van der Waals surface area contributed by atoms with E-state index in [0.29, 0.717) is 28.6 Å². The molecule has 0 bridgehead atoms. The SMILES string of the molecule is COc1cccc(C(=O)C/C=C\Nc2cc(CCc3cc(OC)c(OC)c(OC)c3)ccc2OC)c1. The van der Waals surface area contributed by atoms with Gasteiger partial charge >= 0.3 is 0 Å². The summed E-state index contributed by atoms with van der Waals surface area (Å²) >= 11 is 0. The summed E-state index contributed by atoms with van der Waals surface area (Å²) in [5.41, 5.74) is 3.65. The van der Waals surface area contributed by atoms with Gasteiger partial charge in [-0.15, -0.1) is 0 Å². The number of ether oxygens (including phenoxy) is 5. The van der Waals surface area contributed by atoms with Gasteiger partial charge in [0.2, 0.25) is 5.75 Å². The highest BCUT2D eigenvalue weighted by Crippen LogP contribution is 2.38. The molecule has 7 nitrogen and oxygen atoms in total. The zero-order valence-corrected chi connectivity index (χ0v) is 21.4. The van der Waals surface area contributed by atoms with Crippen molar-refractivity contribution in [3.63, 3.8) is 0 Å². The molecule has 0 amide bonds. The lowest BCUT2D eigenvalue weighted by Gasteiger charge is -2.14. The Morgan fingerprint density at radius 3 is 2.08 bits per heavy atom. The standard InChI is InChI=1S/C29H33NO6/c1-32-23-9-6-8-22(19-23)25(31)10-7-15-30-24-16-20(13-14-26(24)33-2)11-12-21-17-27(34-3)29(36-5)28(18-21)35-4/h6-9,13-19,30H,10-12H2,1-5H3/b15-7-. The van der Waals surface area contributed by atoms with E-state index in [1.54, 1.807) is 60.0 Å². The summed E-state index contributed by atoms with van der Waals surface area (Å²) in [6, 6.07) is 17.1. The van der Waals surface area contributed by atoms with Gasteiger partial charge in [-0.3, -0.25) is 4.79 Å². The van der Waals surface area contributed by atoms with Crippen LogP contribution in [0.4, 0.5) is 5.69 Å². The average Bonchev–Trinajstić information content (AvgIpc) is 2.93. The molecule has 36 heavy (non-hydrogen) atoms. The Balaban J connectivity index is 1.66.